The molecule has 146 valence electrons. The van der Waals surface area contributed by atoms with Crippen LogP contribution >= 0.6 is 0 Å². The molecule has 0 aromatic rings. The molecule has 7 heteroatoms. The Kier molecular flexibility index (Phi) is 7.70. The molecule has 0 atom stereocenters. The minimum Gasteiger partial charge on any atom is -0.339 e. The average Bonchev–Trinajstić information content (AvgIpc) is 2.55. The monoisotopic (exact) mass is 373 g/mol. The average molecular weight is 374 g/mol. The Bertz CT molecular complexity index is 524. The normalized spacial score (nSPS) is 20.3. The fraction of sp³-hybridized carbons (Fsp3) is 0.944. The van der Waals surface area contributed by atoms with E-state index in [4.69, 9.17) is 0 Å². The van der Waals surface area contributed by atoms with Crippen molar-refractivity contribution in [1.82, 2.24) is 14.1 Å². The number of hydrogen-bond donors (Lipinski definition) is 0. The largest absolute Gasteiger partial charge is 0.339 e. The van der Waals surface area contributed by atoms with Crippen LogP contribution in [0.5, 0.6) is 0 Å². The van der Waals surface area contributed by atoms with Crippen LogP contribution in [0.4, 0.5) is 0 Å². The van der Waals surface area contributed by atoms with Crippen LogP contribution in [0.1, 0.15) is 52.9 Å². The van der Waals surface area contributed by atoms with Gasteiger partial charge in [0.25, 0.3) is 0 Å². The van der Waals surface area contributed by atoms with Crippen LogP contribution in [0.25, 0.3) is 0 Å². The van der Waals surface area contributed by atoms with E-state index in [1.54, 1.807) is 11.2 Å². The van der Waals surface area contributed by atoms with E-state index in [1.165, 1.54) is 19.3 Å². The molecule has 2 fully saturated rings. The predicted octanol–water partition coefficient (Wildman–Crippen LogP) is 1.77. The van der Waals surface area contributed by atoms with Gasteiger partial charge in [0, 0.05) is 32.6 Å². The standard InChI is InChI=1S/C18H35N3O3S/c1-4-25(23,24)21(13-12-19-10-6-5-7-11-19)17-14-20(15-17)18(22)9-8-16(2)3/h16-17H,4-15H2,1-3H3. The highest BCUT2D eigenvalue weighted by atomic mass is 32.2. The molecular weight excluding hydrogens is 338 g/mol. The lowest BCUT2D eigenvalue weighted by Gasteiger charge is -2.45. The fourth-order valence-corrected chi connectivity index (χ4v) is 4.83. The summed E-state index contributed by atoms with van der Waals surface area (Å²) in [6, 6.07) is -0.0438. The van der Waals surface area contributed by atoms with Gasteiger partial charge in [-0.3, -0.25) is 4.79 Å². The van der Waals surface area contributed by atoms with Crippen molar-refractivity contribution in [1.29, 1.82) is 0 Å². The van der Waals surface area contributed by atoms with E-state index >= 15 is 0 Å². The fourth-order valence-electron chi connectivity index (χ4n) is 3.55. The first-order chi connectivity index (χ1) is 11.8. The van der Waals surface area contributed by atoms with Crippen molar-refractivity contribution in [3.63, 3.8) is 0 Å². The van der Waals surface area contributed by atoms with Crippen LogP contribution in [0.3, 0.4) is 0 Å². The molecule has 25 heavy (non-hydrogen) atoms. The minimum absolute atomic E-state index is 0.0438. The number of hydrogen-bond acceptors (Lipinski definition) is 4. The summed E-state index contributed by atoms with van der Waals surface area (Å²) in [5.74, 6) is 0.808. The molecule has 1 amide bonds. The van der Waals surface area contributed by atoms with Crippen LogP contribution in [0.2, 0.25) is 0 Å². The van der Waals surface area contributed by atoms with E-state index in [-0.39, 0.29) is 17.7 Å². The van der Waals surface area contributed by atoms with E-state index in [2.05, 4.69) is 18.7 Å². The molecule has 0 unspecified atom stereocenters. The lowest BCUT2D eigenvalue weighted by atomic mass is 10.0. The van der Waals surface area contributed by atoms with Crippen molar-refractivity contribution in [2.24, 2.45) is 5.92 Å². The summed E-state index contributed by atoms with van der Waals surface area (Å²) in [7, 11) is -3.23. The highest BCUT2D eigenvalue weighted by Crippen LogP contribution is 2.21. The summed E-state index contributed by atoms with van der Waals surface area (Å²) in [4.78, 5) is 16.4. The summed E-state index contributed by atoms with van der Waals surface area (Å²) in [6.45, 7) is 10.5. The zero-order valence-electron chi connectivity index (χ0n) is 16.1. The first kappa shape index (κ1) is 20.6. The van der Waals surface area contributed by atoms with Gasteiger partial charge in [-0.1, -0.05) is 20.3 Å². The second-order valence-electron chi connectivity index (χ2n) is 7.80. The Morgan fingerprint density at radius 3 is 2.36 bits per heavy atom. The Morgan fingerprint density at radius 2 is 1.80 bits per heavy atom. The molecule has 6 nitrogen and oxygen atoms in total. The number of carbonyl (C=O) groups excluding carboxylic acids is 1. The molecule has 0 N–H and O–H groups in total. The molecule has 0 aromatic heterocycles. The molecule has 0 bridgehead atoms. The molecule has 0 spiro atoms. The third-order valence-electron chi connectivity index (χ3n) is 5.37. The highest BCUT2D eigenvalue weighted by molar-refractivity contribution is 7.89. The summed E-state index contributed by atoms with van der Waals surface area (Å²) in [6.07, 6.45) is 5.17. The molecule has 2 heterocycles. The van der Waals surface area contributed by atoms with Gasteiger partial charge < -0.3 is 9.80 Å². The first-order valence-electron chi connectivity index (χ1n) is 9.83. The van der Waals surface area contributed by atoms with Gasteiger partial charge in [-0.25, -0.2) is 8.42 Å². The zero-order chi connectivity index (χ0) is 18.4. The van der Waals surface area contributed by atoms with Crippen LogP contribution in [-0.2, 0) is 14.8 Å². The number of rotatable bonds is 9. The van der Waals surface area contributed by atoms with Gasteiger partial charge in [-0.15, -0.1) is 0 Å². The van der Waals surface area contributed by atoms with E-state index in [0.717, 1.165) is 26.1 Å². The number of nitrogens with zero attached hydrogens (tertiary/aromatic N) is 3. The van der Waals surface area contributed by atoms with Gasteiger partial charge in [0.1, 0.15) is 0 Å². The smallest absolute Gasteiger partial charge is 0.222 e. The molecule has 2 rings (SSSR count). The van der Waals surface area contributed by atoms with Crippen molar-refractivity contribution in [2.45, 2.75) is 58.9 Å². The van der Waals surface area contributed by atoms with E-state index in [9.17, 15) is 13.2 Å². The SMILES string of the molecule is CCS(=O)(=O)N(CCN1CCCCC1)C1CN(C(=O)CCC(C)C)C1. The molecule has 0 saturated carbocycles. The molecule has 0 aliphatic carbocycles. The number of sulfonamides is 1. The molecule has 0 radical (unpaired) electrons. The first-order valence-corrected chi connectivity index (χ1v) is 11.4. The molecular formula is C18H35N3O3S. The zero-order valence-corrected chi connectivity index (χ0v) is 16.9. The maximum absolute atomic E-state index is 12.5. The van der Waals surface area contributed by atoms with Crippen LogP contribution in [0, 0.1) is 5.92 Å². The van der Waals surface area contributed by atoms with Gasteiger partial charge >= 0.3 is 0 Å². The summed E-state index contributed by atoms with van der Waals surface area (Å²) in [5.41, 5.74) is 0. The van der Waals surface area contributed by atoms with Crippen LogP contribution in [0.15, 0.2) is 0 Å². The lowest BCUT2D eigenvalue weighted by molar-refractivity contribution is -0.137. The Balaban J connectivity index is 1.86. The highest BCUT2D eigenvalue weighted by Gasteiger charge is 2.39. The summed E-state index contributed by atoms with van der Waals surface area (Å²) < 4.78 is 26.7. The van der Waals surface area contributed by atoms with E-state index in [0.29, 0.717) is 32.0 Å². The van der Waals surface area contributed by atoms with Gasteiger partial charge in [0.15, 0.2) is 0 Å². The van der Waals surface area contributed by atoms with Gasteiger partial charge in [0.2, 0.25) is 15.9 Å². The lowest BCUT2D eigenvalue weighted by Crippen LogP contribution is -2.63. The second kappa shape index (κ2) is 9.33. The molecule has 2 aliphatic heterocycles. The maximum atomic E-state index is 12.5. The van der Waals surface area contributed by atoms with E-state index in [1.807, 2.05) is 4.90 Å². The van der Waals surface area contributed by atoms with Crippen molar-refractivity contribution in [3.05, 3.63) is 0 Å². The number of carbonyl (C=O) groups is 1. The Hall–Kier alpha value is -0.660. The third-order valence-corrected chi connectivity index (χ3v) is 7.29. The molecule has 2 saturated heterocycles. The van der Waals surface area contributed by atoms with Gasteiger partial charge in [0.05, 0.1) is 11.8 Å². The van der Waals surface area contributed by atoms with Crippen LogP contribution < -0.4 is 0 Å². The molecule has 0 aromatic carbocycles. The van der Waals surface area contributed by atoms with Crippen molar-refractivity contribution >= 4 is 15.9 Å². The molecule has 2 aliphatic rings. The second-order valence-corrected chi connectivity index (χ2v) is 10.0. The number of amides is 1. The number of likely N-dealkylation sites (tertiary alicyclic amines) is 2. The summed E-state index contributed by atoms with van der Waals surface area (Å²) >= 11 is 0. The van der Waals surface area contributed by atoms with Crippen LogP contribution in [-0.4, -0.2) is 79.5 Å². The Morgan fingerprint density at radius 1 is 1.16 bits per heavy atom. The Labute approximate surface area is 153 Å². The quantitative estimate of drug-likeness (QED) is 0.618. The van der Waals surface area contributed by atoms with Gasteiger partial charge in [-0.2, -0.15) is 4.31 Å². The minimum atomic E-state index is -3.23. The predicted molar refractivity (Wildman–Crippen MR) is 101 cm³/mol. The third kappa shape index (κ3) is 5.93. The van der Waals surface area contributed by atoms with Gasteiger partial charge in [-0.05, 0) is 45.2 Å². The summed E-state index contributed by atoms with van der Waals surface area (Å²) in [5, 5.41) is 0. The van der Waals surface area contributed by atoms with E-state index < -0.39 is 10.0 Å². The maximum Gasteiger partial charge on any atom is 0.222 e. The van der Waals surface area contributed by atoms with Crippen molar-refractivity contribution in [2.75, 3.05) is 45.0 Å². The van der Waals surface area contributed by atoms with Crippen molar-refractivity contribution in [3.8, 4) is 0 Å². The number of piperidine rings is 1. The van der Waals surface area contributed by atoms with Crippen molar-refractivity contribution < 1.29 is 13.2 Å². The topological polar surface area (TPSA) is 60.9 Å².